The fourth-order valence-corrected chi connectivity index (χ4v) is 2.64. The maximum absolute atomic E-state index is 11.8. The van der Waals surface area contributed by atoms with Crippen LogP contribution in [-0.4, -0.2) is 24.5 Å². The third-order valence-electron chi connectivity index (χ3n) is 2.83. The fraction of sp³-hybridized carbons (Fsp3) is 0.333. The van der Waals surface area contributed by atoms with Crippen LogP contribution in [-0.2, 0) is 17.6 Å². The van der Waals surface area contributed by atoms with Crippen molar-refractivity contribution < 1.29 is 9.53 Å². The number of rotatable bonds is 6. The highest BCUT2D eigenvalue weighted by Gasteiger charge is 2.05. The topological polar surface area (TPSA) is 51.2 Å². The number of carbonyl (C=O) groups is 1. The van der Waals surface area contributed by atoms with E-state index < -0.39 is 0 Å². The van der Waals surface area contributed by atoms with E-state index in [1.54, 1.807) is 18.4 Å². The highest BCUT2D eigenvalue weighted by Crippen LogP contribution is 2.13. The van der Waals surface area contributed by atoms with Gasteiger partial charge in [-0.2, -0.15) is 0 Å². The van der Waals surface area contributed by atoms with Gasteiger partial charge in [0.05, 0.1) is 18.5 Å². The van der Waals surface area contributed by atoms with Crippen LogP contribution in [0.15, 0.2) is 30.5 Å². The van der Waals surface area contributed by atoms with Crippen molar-refractivity contribution in [2.75, 3.05) is 13.7 Å². The first kappa shape index (κ1) is 14.5. The lowest BCUT2D eigenvalue weighted by Gasteiger charge is -2.05. The van der Waals surface area contributed by atoms with Crippen LogP contribution in [0.25, 0.3) is 0 Å². The molecule has 0 aliphatic carbocycles. The van der Waals surface area contributed by atoms with Gasteiger partial charge in [-0.25, -0.2) is 4.98 Å². The van der Waals surface area contributed by atoms with Gasteiger partial charge in [0, 0.05) is 24.0 Å². The van der Waals surface area contributed by atoms with Crippen LogP contribution in [0, 0.1) is 6.92 Å². The molecule has 0 fully saturated rings. The number of benzene rings is 1. The van der Waals surface area contributed by atoms with Crippen molar-refractivity contribution in [2.24, 2.45) is 0 Å². The van der Waals surface area contributed by atoms with E-state index in [0.717, 1.165) is 22.7 Å². The van der Waals surface area contributed by atoms with Crippen molar-refractivity contribution in [2.45, 2.75) is 19.8 Å². The Morgan fingerprint density at radius 3 is 3.00 bits per heavy atom. The van der Waals surface area contributed by atoms with Crippen LogP contribution in [0.4, 0.5) is 0 Å². The lowest BCUT2D eigenvalue weighted by molar-refractivity contribution is -0.120. The first-order valence-electron chi connectivity index (χ1n) is 6.48. The summed E-state index contributed by atoms with van der Waals surface area (Å²) in [6.07, 6.45) is 3.01. The monoisotopic (exact) mass is 290 g/mol. The van der Waals surface area contributed by atoms with Crippen molar-refractivity contribution in [1.29, 1.82) is 0 Å². The third-order valence-corrected chi connectivity index (χ3v) is 3.80. The van der Waals surface area contributed by atoms with Crippen LogP contribution >= 0.6 is 11.3 Å². The summed E-state index contributed by atoms with van der Waals surface area (Å²) in [5.74, 6) is 0.792. The quantitative estimate of drug-likeness (QED) is 0.888. The first-order chi connectivity index (χ1) is 9.67. The number of carbonyl (C=O) groups excluding carboxylic acids is 1. The van der Waals surface area contributed by atoms with E-state index in [9.17, 15) is 4.79 Å². The Bertz CT molecular complexity index is 581. The number of methoxy groups -OCH3 is 1. The van der Waals surface area contributed by atoms with Gasteiger partial charge in [-0.3, -0.25) is 4.79 Å². The minimum atomic E-state index is 0.0199. The van der Waals surface area contributed by atoms with Crippen molar-refractivity contribution in [3.8, 4) is 5.75 Å². The van der Waals surface area contributed by atoms with Gasteiger partial charge in [-0.15, -0.1) is 11.3 Å². The maximum Gasteiger partial charge on any atom is 0.224 e. The first-order valence-corrected chi connectivity index (χ1v) is 7.30. The zero-order valence-corrected chi connectivity index (χ0v) is 12.5. The van der Waals surface area contributed by atoms with Gasteiger partial charge < -0.3 is 10.1 Å². The molecule has 2 aromatic rings. The van der Waals surface area contributed by atoms with Crippen LogP contribution in [0.5, 0.6) is 5.75 Å². The second-order valence-electron chi connectivity index (χ2n) is 4.49. The van der Waals surface area contributed by atoms with Crippen molar-refractivity contribution in [3.05, 3.63) is 45.9 Å². The van der Waals surface area contributed by atoms with E-state index in [-0.39, 0.29) is 5.91 Å². The van der Waals surface area contributed by atoms with Gasteiger partial charge >= 0.3 is 0 Å². The summed E-state index contributed by atoms with van der Waals surface area (Å²) < 4.78 is 5.14. The van der Waals surface area contributed by atoms with E-state index >= 15 is 0 Å². The fourth-order valence-electron chi connectivity index (χ4n) is 1.86. The van der Waals surface area contributed by atoms with Crippen molar-refractivity contribution in [3.63, 3.8) is 0 Å². The average molecular weight is 290 g/mol. The second-order valence-corrected chi connectivity index (χ2v) is 5.81. The van der Waals surface area contributed by atoms with Crippen LogP contribution < -0.4 is 10.1 Å². The van der Waals surface area contributed by atoms with Gasteiger partial charge in [-0.05, 0) is 24.6 Å². The molecule has 1 N–H and O–H groups in total. The summed E-state index contributed by atoms with van der Waals surface area (Å²) in [5.41, 5.74) is 0.951. The Morgan fingerprint density at radius 2 is 2.30 bits per heavy atom. The normalized spacial score (nSPS) is 10.3. The number of aryl methyl sites for hydroxylation is 1. The Kier molecular flexibility index (Phi) is 5.12. The van der Waals surface area contributed by atoms with Crippen molar-refractivity contribution in [1.82, 2.24) is 10.3 Å². The summed E-state index contributed by atoms with van der Waals surface area (Å²) in [4.78, 5) is 17.3. The highest BCUT2D eigenvalue weighted by atomic mass is 32.1. The minimum Gasteiger partial charge on any atom is -0.497 e. The molecule has 0 saturated heterocycles. The molecule has 0 radical (unpaired) electrons. The molecular formula is C15H18N2O2S. The predicted octanol–water partition coefficient (Wildman–Crippen LogP) is 2.36. The molecule has 20 heavy (non-hydrogen) atoms. The standard InChI is InChI=1S/C15H18N2O2S/c1-11-10-17-15(20-11)6-7-16-14(18)9-12-4-3-5-13(8-12)19-2/h3-5,8,10H,6-7,9H2,1-2H3,(H,16,18). The van der Waals surface area contributed by atoms with E-state index in [2.05, 4.69) is 10.3 Å². The Labute approximate surface area is 122 Å². The number of thiazole rings is 1. The highest BCUT2D eigenvalue weighted by molar-refractivity contribution is 7.11. The number of nitrogens with zero attached hydrogens (tertiary/aromatic N) is 1. The number of ether oxygens (including phenoxy) is 1. The van der Waals surface area contributed by atoms with Crippen LogP contribution in [0.1, 0.15) is 15.4 Å². The molecule has 4 nitrogen and oxygen atoms in total. The van der Waals surface area contributed by atoms with Gasteiger partial charge in [0.25, 0.3) is 0 Å². The number of hydrogen-bond donors (Lipinski definition) is 1. The molecule has 5 heteroatoms. The Morgan fingerprint density at radius 1 is 1.45 bits per heavy atom. The molecule has 0 bridgehead atoms. The Hall–Kier alpha value is -1.88. The van der Waals surface area contributed by atoms with Gasteiger partial charge in [-0.1, -0.05) is 12.1 Å². The molecule has 1 aromatic heterocycles. The van der Waals surface area contributed by atoms with E-state index in [0.29, 0.717) is 13.0 Å². The number of amides is 1. The van der Waals surface area contributed by atoms with E-state index in [4.69, 9.17) is 4.74 Å². The molecule has 106 valence electrons. The largest absolute Gasteiger partial charge is 0.497 e. The third kappa shape index (κ3) is 4.35. The van der Waals surface area contributed by atoms with E-state index in [1.165, 1.54) is 4.88 Å². The van der Waals surface area contributed by atoms with Crippen LogP contribution in [0.2, 0.25) is 0 Å². The summed E-state index contributed by atoms with van der Waals surface area (Å²) in [7, 11) is 1.62. The number of nitrogens with one attached hydrogen (secondary N) is 1. The predicted molar refractivity (Wildman–Crippen MR) is 80.3 cm³/mol. The molecule has 1 aromatic carbocycles. The second kappa shape index (κ2) is 7.05. The summed E-state index contributed by atoms with van der Waals surface area (Å²) in [5, 5.41) is 3.97. The zero-order valence-electron chi connectivity index (χ0n) is 11.7. The SMILES string of the molecule is COc1cccc(CC(=O)NCCc2ncc(C)s2)c1. The molecule has 0 aliphatic rings. The molecule has 0 saturated carbocycles. The average Bonchev–Trinajstić information content (AvgIpc) is 2.84. The summed E-state index contributed by atoms with van der Waals surface area (Å²) in [6.45, 7) is 2.65. The molecular weight excluding hydrogens is 272 g/mol. The molecule has 0 unspecified atom stereocenters. The lowest BCUT2D eigenvalue weighted by atomic mass is 10.1. The Balaban J connectivity index is 1.77. The molecule has 2 rings (SSSR count). The number of aromatic nitrogens is 1. The zero-order chi connectivity index (χ0) is 14.4. The molecule has 1 heterocycles. The van der Waals surface area contributed by atoms with Gasteiger partial charge in [0.2, 0.25) is 5.91 Å². The molecule has 1 amide bonds. The lowest BCUT2D eigenvalue weighted by Crippen LogP contribution is -2.27. The number of hydrogen-bond acceptors (Lipinski definition) is 4. The molecule has 0 atom stereocenters. The van der Waals surface area contributed by atoms with Crippen LogP contribution in [0.3, 0.4) is 0 Å². The molecule has 0 spiro atoms. The van der Waals surface area contributed by atoms with Gasteiger partial charge in [0.1, 0.15) is 5.75 Å². The summed E-state index contributed by atoms with van der Waals surface area (Å²) >= 11 is 1.67. The van der Waals surface area contributed by atoms with Gasteiger partial charge in [0.15, 0.2) is 0 Å². The maximum atomic E-state index is 11.8. The van der Waals surface area contributed by atoms with E-state index in [1.807, 2.05) is 37.4 Å². The summed E-state index contributed by atoms with van der Waals surface area (Å²) in [6, 6.07) is 7.56. The van der Waals surface area contributed by atoms with Crippen molar-refractivity contribution >= 4 is 17.2 Å². The minimum absolute atomic E-state index is 0.0199. The smallest absolute Gasteiger partial charge is 0.224 e. The molecule has 0 aliphatic heterocycles.